The van der Waals surface area contributed by atoms with Crippen molar-refractivity contribution in [1.29, 1.82) is 0 Å². The first-order chi connectivity index (χ1) is 9.10. The van der Waals surface area contributed by atoms with E-state index in [0.717, 1.165) is 31.6 Å². The van der Waals surface area contributed by atoms with Crippen molar-refractivity contribution in [3.8, 4) is 0 Å². The van der Waals surface area contributed by atoms with E-state index in [1.807, 2.05) is 0 Å². The second-order valence-electron chi connectivity index (χ2n) is 6.54. The molecule has 0 bridgehead atoms. The van der Waals surface area contributed by atoms with Crippen LogP contribution in [0.2, 0.25) is 0 Å². The maximum atomic E-state index is 12.7. The summed E-state index contributed by atoms with van der Waals surface area (Å²) in [6.07, 6.45) is 7.02. The van der Waals surface area contributed by atoms with E-state index >= 15 is 0 Å². The Morgan fingerprint density at radius 2 is 1.84 bits per heavy atom. The van der Waals surface area contributed by atoms with Crippen LogP contribution in [0.25, 0.3) is 0 Å². The predicted octanol–water partition coefficient (Wildman–Crippen LogP) is 3.15. The predicted molar refractivity (Wildman–Crippen MR) is 78.7 cm³/mol. The molecule has 2 fully saturated rings. The zero-order valence-corrected chi connectivity index (χ0v) is 13.0. The lowest BCUT2D eigenvalue weighted by molar-refractivity contribution is -0.133. The van der Waals surface area contributed by atoms with Crippen LogP contribution < -0.4 is 5.32 Å². The second kappa shape index (κ2) is 6.25. The van der Waals surface area contributed by atoms with Crippen molar-refractivity contribution in [3.63, 3.8) is 0 Å². The zero-order chi connectivity index (χ0) is 14.0. The summed E-state index contributed by atoms with van der Waals surface area (Å²) in [5, 5.41) is 3.58. The first-order valence-corrected chi connectivity index (χ1v) is 8.18. The first-order valence-electron chi connectivity index (χ1n) is 8.18. The molecule has 1 amide bonds. The Labute approximate surface area is 118 Å². The van der Waals surface area contributed by atoms with Gasteiger partial charge in [-0.3, -0.25) is 10.1 Å². The average molecular weight is 266 g/mol. The molecular formula is C16H30N2O. The van der Waals surface area contributed by atoms with Crippen LogP contribution in [0.15, 0.2) is 0 Å². The Morgan fingerprint density at radius 1 is 1.16 bits per heavy atom. The third-order valence-corrected chi connectivity index (χ3v) is 5.20. The summed E-state index contributed by atoms with van der Waals surface area (Å²) in [6, 6.07) is 0.540. The van der Waals surface area contributed by atoms with Crippen molar-refractivity contribution >= 4 is 5.91 Å². The van der Waals surface area contributed by atoms with Gasteiger partial charge in [-0.2, -0.15) is 0 Å². The van der Waals surface area contributed by atoms with Crippen LogP contribution in [-0.4, -0.2) is 29.1 Å². The Balaban J connectivity index is 2.13. The molecule has 19 heavy (non-hydrogen) atoms. The fraction of sp³-hybridized carbons (Fsp3) is 0.938. The van der Waals surface area contributed by atoms with Gasteiger partial charge in [0.25, 0.3) is 0 Å². The molecule has 1 aliphatic heterocycles. The maximum Gasteiger partial charge on any atom is 0.241 e. The van der Waals surface area contributed by atoms with Crippen LogP contribution in [-0.2, 0) is 4.79 Å². The van der Waals surface area contributed by atoms with Gasteiger partial charge in [0.1, 0.15) is 0 Å². The van der Waals surface area contributed by atoms with E-state index in [-0.39, 0.29) is 12.2 Å². The molecule has 0 spiro atoms. The van der Waals surface area contributed by atoms with Gasteiger partial charge in [-0.25, -0.2) is 0 Å². The Hall–Kier alpha value is -0.570. The molecule has 5 unspecified atom stereocenters. The number of hydrogen-bond donors (Lipinski definition) is 1. The topological polar surface area (TPSA) is 32.3 Å². The van der Waals surface area contributed by atoms with Crippen LogP contribution in [0.4, 0.5) is 0 Å². The molecule has 3 heteroatoms. The smallest absolute Gasteiger partial charge is 0.241 e. The van der Waals surface area contributed by atoms with Crippen LogP contribution >= 0.6 is 0 Å². The van der Waals surface area contributed by atoms with Crippen molar-refractivity contribution in [3.05, 3.63) is 0 Å². The summed E-state index contributed by atoms with van der Waals surface area (Å²) >= 11 is 0. The van der Waals surface area contributed by atoms with Gasteiger partial charge in [0, 0.05) is 6.04 Å². The van der Waals surface area contributed by atoms with Gasteiger partial charge in [-0.15, -0.1) is 0 Å². The van der Waals surface area contributed by atoms with E-state index in [0.29, 0.717) is 17.9 Å². The van der Waals surface area contributed by atoms with Gasteiger partial charge in [-0.05, 0) is 37.5 Å². The number of hydrogen-bond acceptors (Lipinski definition) is 2. The van der Waals surface area contributed by atoms with E-state index < -0.39 is 0 Å². The highest BCUT2D eigenvalue weighted by molar-refractivity contribution is 5.84. The molecule has 1 N–H and O–H groups in total. The fourth-order valence-corrected chi connectivity index (χ4v) is 3.83. The molecule has 0 aromatic carbocycles. The number of nitrogens with one attached hydrogen (secondary N) is 1. The molecule has 1 saturated carbocycles. The molecule has 0 aromatic rings. The van der Waals surface area contributed by atoms with E-state index in [1.165, 1.54) is 12.8 Å². The van der Waals surface area contributed by atoms with E-state index in [4.69, 9.17) is 0 Å². The highest BCUT2D eigenvalue weighted by atomic mass is 16.2. The van der Waals surface area contributed by atoms with Gasteiger partial charge in [0.05, 0.1) is 12.2 Å². The summed E-state index contributed by atoms with van der Waals surface area (Å²) in [7, 11) is 0. The first kappa shape index (κ1) is 14.8. The summed E-state index contributed by atoms with van der Waals surface area (Å²) < 4.78 is 0. The van der Waals surface area contributed by atoms with Crippen LogP contribution in [0, 0.1) is 11.8 Å². The highest BCUT2D eigenvalue weighted by Crippen LogP contribution is 2.37. The van der Waals surface area contributed by atoms with Crippen LogP contribution in [0.5, 0.6) is 0 Å². The van der Waals surface area contributed by atoms with Crippen molar-refractivity contribution in [2.45, 2.75) is 84.5 Å². The lowest BCUT2D eigenvalue weighted by Crippen LogP contribution is -2.46. The third kappa shape index (κ3) is 2.81. The average Bonchev–Trinajstić information content (AvgIpc) is 2.85. The van der Waals surface area contributed by atoms with E-state index in [9.17, 15) is 4.79 Å². The lowest BCUT2D eigenvalue weighted by Gasteiger charge is -2.33. The zero-order valence-electron chi connectivity index (χ0n) is 13.0. The Kier molecular flexibility index (Phi) is 4.88. The minimum Gasteiger partial charge on any atom is -0.323 e. The summed E-state index contributed by atoms with van der Waals surface area (Å²) in [5.41, 5.74) is 0. The standard InChI is InChI=1S/C16H30N2O/c1-5-7-13-16(19)18(15(17-13)8-6-2)14-10-9-11(3)12(14)4/h11-15,17H,5-10H2,1-4H3. The molecule has 2 aliphatic rings. The van der Waals surface area contributed by atoms with Gasteiger partial charge in [0.15, 0.2) is 0 Å². The minimum absolute atomic E-state index is 0.0738. The Bertz CT molecular complexity index is 318. The van der Waals surface area contributed by atoms with Gasteiger partial charge < -0.3 is 4.90 Å². The lowest BCUT2D eigenvalue weighted by atomic mass is 9.96. The van der Waals surface area contributed by atoms with Crippen LogP contribution in [0.1, 0.15) is 66.2 Å². The van der Waals surface area contributed by atoms with E-state index in [2.05, 4.69) is 37.9 Å². The van der Waals surface area contributed by atoms with Crippen molar-refractivity contribution in [2.24, 2.45) is 11.8 Å². The third-order valence-electron chi connectivity index (χ3n) is 5.20. The molecule has 1 heterocycles. The van der Waals surface area contributed by atoms with Crippen molar-refractivity contribution in [2.75, 3.05) is 0 Å². The van der Waals surface area contributed by atoms with E-state index in [1.54, 1.807) is 0 Å². The largest absolute Gasteiger partial charge is 0.323 e. The second-order valence-corrected chi connectivity index (χ2v) is 6.54. The highest BCUT2D eigenvalue weighted by Gasteiger charge is 2.45. The number of rotatable bonds is 5. The summed E-state index contributed by atoms with van der Waals surface area (Å²) in [4.78, 5) is 14.9. The van der Waals surface area contributed by atoms with Gasteiger partial charge in [-0.1, -0.05) is 40.5 Å². The van der Waals surface area contributed by atoms with Gasteiger partial charge >= 0.3 is 0 Å². The van der Waals surface area contributed by atoms with Gasteiger partial charge in [0.2, 0.25) is 5.91 Å². The molecule has 5 atom stereocenters. The Morgan fingerprint density at radius 3 is 2.37 bits per heavy atom. The van der Waals surface area contributed by atoms with Crippen molar-refractivity contribution < 1.29 is 4.79 Å². The summed E-state index contributed by atoms with van der Waals surface area (Å²) in [6.45, 7) is 9.02. The summed E-state index contributed by atoms with van der Waals surface area (Å²) in [5.74, 6) is 1.77. The molecule has 110 valence electrons. The molecule has 3 nitrogen and oxygen atoms in total. The molecular weight excluding hydrogens is 236 g/mol. The number of nitrogens with zero attached hydrogens (tertiary/aromatic N) is 1. The molecule has 0 aromatic heterocycles. The number of carbonyl (C=O) groups is 1. The number of carbonyl (C=O) groups excluding carboxylic acids is 1. The monoisotopic (exact) mass is 266 g/mol. The van der Waals surface area contributed by atoms with Crippen molar-refractivity contribution in [1.82, 2.24) is 10.2 Å². The molecule has 1 aliphatic carbocycles. The maximum absolute atomic E-state index is 12.7. The quantitative estimate of drug-likeness (QED) is 0.829. The molecule has 1 saturated heterocycles. The number of amides is 1. The fourth-order valence-electron chi connectivity index (χ4n) is 3.83. The molecule has 0 radical (unpaired) electrons. The molecule has 2 rings (SSSR count). The van der Waals surface area contributed by atoms with Crippen LogP contribution in [0.3, 0.4) is 0 Å². The minimum atomic E-state index is 0.0738. The SMILES string of the molecule is CCCC1NC(CCC)N(C2CCC(C)C2C)C1=O. The normalized spacial score (nSPS) is 39.3.